The molecule has 3 aromatic heterocycles. The number of aromatic nitrogens is 2. The topological polar surface area (TPSA) is 35.9 Å². The van der Waals surface area contributed by atoms with Crippen molar-refractivity contribution in [3.63, 3.8) is 0 Å². The number of para-hydroxylation sites is 1. The van der Waals surface area contributed by atoms with E-state index in [1.54, 1.807) is 0 Å². The van der Waals surface area contributed by atoms with Gasteiger partial charge in [0.05, 0.1) is 16.7 Å². The number of fused-ring (bicyclic) bond motifs is 10. The molecule has 392 valence electrons. The van der Waals surface area contributed by atoms with Crippen LogP contribution < -0.4 is 5.73 Å². The van der Waals surface area contributed by atoms with Crippen LogP contribution in [0.4, 0.5) is 0 Å². The van der Waals surface area contributed by atoms with Gasteiger partial charge in [-0.2, -0.15) is 0 Å². The van der Waals surface area contributed by atoms with Gasteiger partial charge in [0.2, 0.25) is 0 Å². The predicted octanol–water partition coefficient (Wildman–Crippen LogP) is 21.0. The summed E-state index contributed by atoms with van der Waals surface area (Å²) < 4.78 is 6.20. The Balaban J connectivity index is 0.000000206. The van der Waals surface area contributed by atoms with Gasteiger partial charge >= 0.3 is 0 Å². The van der Waals surface area contributed by atoms with E-state index in [1.165, 1.54) is 150 Å². The molecule has 2 N–H and O–H groups in total. The SMILES string of the molecule is C1=Cc2c(sc3ccc(-c4ccc5c(c4)c4c(n5-c5cccc(-c6cccc(-c7ccc8c9c(cccc79)-c7ccccc7-8)c6)c5)CCC=C4)cc23)CC1.C=Cc1c(/C=C\C)c2cc(CC)ccc2n1-c1ccccc1.CC.CN. The first-order valence-electron chi connectivity index (χ1n) is 28.6. The van der Waals surface area contributed by atoms with Crippen molar-refractivity contribution in [1.82, 2.24) is 9.13 Å². The first-order chi connectivity index (χ1) is 39.6. The molecule has 9 aromatic carbocycles. The monoisotopic (exact) mass is 1050 g/mol. The highest BCUT2D eigenvalue weighted by atomic mass is 32.1. The van der Waals surface area contributed by atoms with Crippen molar-refractivity contribution >= 4 is 78.3 Å². The number of nitrogens with two attached hydrogens (primary N) is 1. The number of benzene rings is 9. The van der Waals surface area contributed by atoms with Crippen molar-refractivity contribution in [2.45, 2.75) is 59.8 Å². The molecule has 3 aliphatic carbocycles. The van der Waals surface area contributed by atoms with Gasteiger partial charge in [0.15, 0.2) is 0 Å². The van der Waals surface area contributed by atoms with Gasteiger partial charge in [0, 0.05) is 53.9 Å². The highest BCUT2D eigenvalue weighted by Gasteiger charge is 2.24. The van der Waals surface area contributed by atoms with Gasteiger partial charge in [0.1, 0.15) is 0 Å². The van der Waals surface area contributed by atoms with E-state index in [1.807, 2.05) is 37.3 Å². The van der Waals surface area contributed by atoms with Crippen molar-refractivity contribution in [1.29, 1.82) is 0 Å². The number of aryl methyl sites for hydroxylation is 2. The average Bonchev–Trinajstić information content (AvgIpc) is 4.30. The second-order valence-corrected chi connectivity index (χ2v) is 21.5. The fourth-order valence-corrected chi connectivity index (χ4v) is 13.8. The Morgan fingerprint density at radius 2 is 1.12 bits per heavy atom. The molecule has 80 heavy (non-hydrogen) atoms. The van der Waals surface area contributed by atoms with E-state index >= 15 is 0 Å². The highest BCUT2D eigenvalue weighted by molar-refractivity contribution is 7.19. The molecule has 4 heteroatoms. The van der Waals surface area contributed by atoms with Crippen LogP contribution in [-0.2, 0) is 19.3 Å². The Kier molecular flexibility index (Phi) is 14.6. The molecule has 0 atom stereocenters. The fourth-order valence-electron chi connectivity index (χ4n) is 12.6. The minimum absolute atomic E-state index is 1.03. The third-order valence-corrected chi connectivity index (χ3v) is 17.4. The summed E-state index contributed by atoms with van der Waals surface area (Å²) in [6, 6.07) is 69.9. The zero-order chi connectivity index (χ0) is 54.9. The van der Waals surface area contributed by atoms with E-state index in [2.05, 4.69) is 254 Å². The smallest absolute Gasteiger partial charge is 0.0541 e. The Bertz CT molecular complexity index is 4390. The van der Waals surface area contributed by atoms with Gasteiger partial charge in [-0.1, -0.05) is 185 Å². The minimum atomic E-state index is 1.03. The van der Waals surface area contributed by atoms with Crippen molar-refractivity contribution in [3.8, 4) is 67.0 Å². The number of hydrogen-bond acceptors (Lipinski definition) is 2. The summed E-state index contributed by atoms with van der Waals surface area (Å²) in [4.78, 5) is 1.53. The summed E-state index contributed by atoms with van der Waals surface area (Å²) in [5, 5.41) is 6.69. The summed E-state index contributed by atoms with van der Waals surface area (Å²) in [6.07, 6.45) is 21.0. The largest absolute Gasteiger partial charge is 0.333 e. The van der Waals surface area contributed by atoms with E-state index in [0.717, 1.165) is 37.8 Å². The second-order valence-electron chi connectivity index (χ2n) is 20.4. The molecule has 0 bridgehead atoms. The second kappa shape index (κ2) is 22.5. The molecule has 0 radical (unpaired) electrons. The summed E-state index contributed by atoms with van der Waals surface area (Å²) in [6.45, 7) is 12.3. The van der Waals surface area contributed by atoms with Gasteiger partial charge < -0.3 is 14.9 Å². The Labute approximate surface area is 475 Å². The van der Waals surface area contributed by atoms with Crippen LogP contribution in [0.15, 0.2) is 213 Å². The lowest BCUT2D eigenvalue weighted by Crippen LogP contribution is -2.03. The lowest BCUT2D eigenvalue weighted by molar-refractivity contribution is 0.889. The molecule has 0 fully saturated rings. The minimum Gasteiger partial charge on any atom is -0.333 e. The average molecular weight is 1050 g/mol. The molecule has 0 aliphatic heterocycles. The Hall–Kier alpha value is -8.80. The summed E-state index contributed by atoms with van der Waals surface area (Å²) in [5.74, 6) is 0. The van der Waals surface area contributed by atoms with Crippen molar-refractivity contribution in [2.75, 3.05) is 7.05 Å². The third-order valence-electron chi connectivity index (χ3n) is 16.1. The van der Waals surface area contributed by atoms with Crippen molar-refractivity contribution in [3.05, 3.63) is 251 Å². The molecule has 3 nitrogen and oxygen atoms in total. The molecule has 0 saturated carbocycles. The lowest BCUT2D eigenvalue weighted by Gasteiger charge is -2.15. The fraction of sp³-hybridized carbons (Fsp3) is 0.132. The van der Waals surface area contributed by atoms with Crippen LogP contribution in [0.3, 0.4) is 0 Å². The maximum atomic E-state index is 4.50. The van der Waals surface area contributed by atoms with Crippen LogP contribution in [-0.4, -0.2) is 16.2 Å². The van der Waals surface area contributed by atoms with Gasteiger partial charge in [-0.05, 0) is 196 Å². The van der Waals surface area contributed by atoms with Crippen molar-refractivity contribution < 1.29 is 0 Å². The van der Waals surface area contributed by atoms with Crippen LogP contribution >= 0.6 is 11.3 Å². The van der Waals surface area contributed by atoms with Gasteiger partial charge in [0.25, 0.3) is 0 Å². The highest BCUT2D eigenvalue weighted by Crippen LogP contribution is 2.50. The predicted molar refractivity (Wildman–Crippen MR) is 351 cm³/mol. The molecule has 0 amide bonds. The van der Waals surface area contributed by atoms with Crippen molar-refractivity contribution in [2.24, 2.45) is 5.73 Å². The number of nitrogens with zero attached hydrogens (tertiary/aromatic N) is 2. The maximum absolute atomic E-state index is 4.50. The van der Waals surface area contributed by atoms with E-state index in [-0.39, 0.29) is 0 Å². The number of hydrogen-bond donors (Lipinski definition) is 1. The molecular formula is C76H67N3S. The summed E-state index contributed by atoms with van der Waals surface area (Å²) >= 11 is 1.96. The standard InChI is InChI=1S/C52H35NS.C21H21N.C2H6.CH5N/c1-2-15-40-39(14-1)44-19-9-18-43-38(24-25-45(40)52(43)44)36-12-7-10-32(28-36)33-11-8-13-37(29-33)53-48-20-5-3-16-41(48)46-30-34(22-26-49(46)53)35-23-27-51-47(31-35)42-17-4-6-21-50(42)54-51;1-4-10-18-19-15-16(5-2)13-14-21(19)22(20(18)6-3)17-11-8-7-9-12-17;2*1-2/h1-4,7-19,22-31H,5-6,20-21H2;4,6-15H,3,5H2,1-2H3;1-2H3;2H2,1H3/b;10-4-;;. The summed E-state index contributed by atoms with van der Waals surface area (Å²) in [5.41, 5.74) is 30.2. The zero-order valence-electron chi connectivity index (χ0n) is 46.6. The van der Waals surface area contributed by atoms with Crippen LogP contribution in [0.5, 0.6) is 0 Å². The number of allylic oxidation sites excluding steroid dienone is 3. The lowest BCUT2D eigenvalue weighted by atomic mass is 9.92. The normalized spacial score (nSPS) is 12.6. The van der Waals surface area contributed by atoms with Crippen LogP contribution in [0.2, 0.25) is 0 Å². The quantitative estimate of drug-likeness (QED) is 0.162. The third kappa shape index (κ3) is 8.99. The molecular weight excluding hydrogens is 987 g/mol. The van der Waals surface area contributed by atoms with Gasteiger partial charge in [-0.25, -0.2) is 0 Å². The van der Waals surface area contributed by atoms with E-state index in [0.29, 0.717) is 0 Å². The molecule has 0 spiro atoms. The van der Waals surface area contributed by atoms with Gasteiger partial charge in [-0.15, -0.1) is 11.3 Å². The summed E-state index contributed by atoms with van der Waals surface area (Å²) in [7, 11) is 1.50. The first-order valence-corrected chi connectivity index (χ1v) is 29.4. The van der Waals surface area contributed by atoms with Crippen LogP contribution in [0.25, 0.3) is 134 Å². The van der Waals surface area contributed by atoms with E-state index in [4.69, 9.17) is 0 Å². The molecule has 0 saturated heterocycles. The van der Waals surface area contributed by atoms with E-state index in [9.17, 15) is 0 Å². The molecule has 3 heterocycles. The molecule has 12 aromatic rings. The number of thiophene rings is 1. The molecule has 0 unspecified atom stereocenters. The zero-order valence-corrected chi connectivity index (χ0v) is 47.4. The molecule has 3 aliphatic rings. The van der Waals surface area contributed by atoms with Gasteiger partial charge in [-0.3, -0.25) is 0 Å². The Morgan fingerprint density at radius 3 is 1.90 bits per heavy atom. The maximum Gasteiger partial charge on any atom is 0.0541 e. The van der Waals surface area contributed by atoms with E-state index < -0.39 is 0 Å². The number of rotatable bonds is 8. The Morgan fingerprint density at radius 1 is 0.512 bits per heavy atom. The molecule has 15 rings (SSSR count). The van der Waals surface area contributed by atoms with Crippen LogP contribution in [0.1, 0.15) is 79.1 Å². The first kappa shape index (κ1) is 51.9. The van der Waals surface area contributed by atoms with Crippen LogP contribution in [0, 0.1) is 0 Å².